The number of carbonyl (C=O) groups is 2. The first-order valence-electron chi connectivity index (χ1n) is 6.00. The number of fused-ring (bicyclic) bond motifs is 2. The van der Waals surface area contributed by atoms with Gasteiger partial charge in [-0.05, 0) is 31.0 Å². The van der Waals surface area contributed by atoms with E-state index in [4.69, 9.17) is 4.74 Å². The van der Waals surface area contributed by atoms with Crippen LogP contribution in [0, 0.1) is 0 Å². The highest BCUT2D eigenvalue weighted by atomic mass is 16.5. The van der Waals surface area contributed by atoms with E-state index in [-0.39, 0.29) is 17.9 Å². The van der Waals surface area contributed by atoms with Crippen molar-refractivity contribution in [3.05, 3.63) is 23.8 Å². The van der Waals surface area contributed by atoms with E-state index >= 15 is 0 Å². The number of methoxy groups -OCH3 is 1. The van der Waals surface area contributed by atoms with Gasteiger partial charge in [-0.15, -0.1) is 0 Å². The van der Waals surface area contributed by atoms with Crippen LogP contribution in [-0.2, 0) is 4.79 Å². The number of rotatable bonds is 1. The van der Waals surface area contributed by atoms with Gasteiger partial charge >= 0.3 is 0 Å². The minimum Gasteiger partial charge on any atom is -0.497 e. The van der Waals surface area contributed by atoms with E-state index in [1.54, 1.807) is 30.2 Å². The molecule has 2 aliphatic rings. The summed E-state index contributed by atoms with van der Waals surface area (Å²) in [4.78, 5) is 26.1. The average Bonchev–Trinajstić information content (AvgIpc) is 2.84. The van der Waals surface area contributed by atoms with E-state index in [0.29, 0.717) is 23.5 Å². The van der Waals surface area contributed by atoms with Crippen LogP contribution in [0.5, 0.6) is 5.75 Å². The third-order valence-electron chi connectivity index (χ3n) is 3.53. The van der Waals surface area contributed by atoms with E-state index in [1.165, 1.54) is 0 Å². The second-order valence-corrected chi connectivity index (χ2v) is 4.56. The molecule has 0 bridgehead atoms. The van der Waals surface area contributed by atoms with Gasteiger partial charge < -0.3 is 15.0 Å². The molecule has 2 aliphatic heterocycles. The zero-order chi connectivity index (χ0) is 12.7. The Morgan fingerprint density at radius 2 is 2.22 bits per heavy atom. The monoisotopic (exact) mass is 246 g/mol. The second-order valence-electron chi connectivity index (χ2n) is 4.56. The number of benzene rings is 1. The van der Waals surface area contributed by atoms with Crippen LogP contribution >= 0.6 is 0 Å². The van der Waals surface area contributed by atoms with Gasteiger partial charge in [0.15, 0.2) is 0 Å². The maximum absolute atomic E-state index is 12.4. The zero-order valence-electron chi connectivity index (χ0n) is 10.1. The van der Waals surface area contributed by atoms with Gasteiger partial charge in [0.05, 0.1) is 18.4 Å². The van der Waals surface area contributed by atoms with E-state index in [2.05, 4.69) is 5.32 Å². The molecule has 1 aromatic rings. The van der Waals surface area contributed by atoms with Crippen molar-refractivity contribution < 1.29 is 14.3 Å². The van der Waals surface area contributed by atoms with Crippen LogP contribution in [0.1, 0.15) is 23.2 Å². The Balaban J connectivity index is 2.09. The lowest BCUT2D eigenvalue weighted by molar-refractivity contribution is -0.119. The first-order chi connectivity index (χ1) is 8.70. The van der Waals surface area contributed by atoms with E-state index in [1.807, 2.05) is 0 Å². The van der Waals surface area contributed by atoms with Crippen LogP contribution in [-0.4, -0.2) is 36.4 Å². The summed E-state index contributed by atoms with van der Waals surface area (Å²) < 4.78 is 5.12. The normalized spacial score (nSPS) is 22.1. The van der Waals surface area contributed by atoms with Crippen molar-refractivity contribution in [2.24, 2.45) is 0 Å². The lowest BCUT2D eigenvalue weighted by atomic mass is 10.1. The van der Waals surface area contributed by atoms with Crippen LogP contribution < -0.4 is 10.1 Å². The Kier molecular flexibility index (Phi) is 2.47. The molecule has 0 saturated carbocycles. The fraction of sp³-hybridized carbons (Fsp3) is 0.385. The van der Waals surface area contributed by atoms with Crippen LogP contribution in [0.3, 0.4) is 0 Å². The fourth-order valence-corrected chi connectivity index (χ4v) is 2.59. The van der Waals surface area contributed by atoms with Crippen LogP contribution in [0.2, 0.25) is 0 Å². The molecule has 1 aromatic carbocycles. The smallest absolute Gasteiger partial charge is 0.256 e. The molecule has 0 unspecified atom stereocenters. The highest BCUT2D eigenvalue weighted by Crippen LogP contribution is 2.30. The maximum atomic E-state index is 12.4. The van der Waals surface area contributed by atoms with Crippen LogP contribution in [0.25, 0.3) is 0 Å². The molecule has 5 nitrogen and oxygen atoms in total. The molecule has 1 fully saturated rings. The van der Waals surface area contributed by atoms with Crippen molar-refractivity contribution in [3.63, 3.8) is 0 Å². The Morgan fingerprint density at radius 3 is 3.00 bits per heavy atom. The van der Waals surface area contributed by atoms with Gasteiger partial charge in [0.2, 0.25) is 5.91 Å². The van der Waals surface area contributed by atoms with E-state index in [9.17, 15) is 9.59 Å². The zero-order valence-corrected chi connectivity index (χ0v) is 10.1. The summed E-state index contributed by atoms with van der Waals surface area (Å²) in [6, 6.07) is 4.81. The summed E-state index contributed by atoms with van der Waals surface area (Å²) in [5.41, 5.74) is 1.08. The Morgan fingerprint density at radius 1 is 1.39 bits per heavy atom. The Labute approximate surface area is 105 Å². The molecule has 0 radical (unpaired) electrons. The SMILES string of the molecule is COc1ccc2c(c1)C(=O)N1CCC[C@@H]1C(=O)N2. The number of hydrogen-bond donors (Lipinski definition) is 1. The number of nitrogens with zero attached hydrogens (tertiary/aromatic N) is 1. The highest BCUT2D eigenvalue weighted by molar-refractivity contribution is 6.10. The second kappa shape index (κ2) is 4.01. The summed E-state index contributed by atoms with van der Waals surface area (Å²) >= 11 is 0. The molecule has 0 aromatic heterocycles. The Bertz CT molecular complexity index is 527. The lowest BCUT2D eigenvalue weighted by Gasteiger charge is -2.19. The van der Waals surface area contributed by atoms with Crippen molar-refractivity contribution in [1.82, 2.24) is 4.90 Å². The first kappa shape index (κ1) is 11.1. The third kappa shape index (κ3) is 1.54. The Hall–Kier alpha value is -2.04. The summed E-state index contributed by atoms with van der Waals surface area (Å²) in [5.74, 6) is 0.434. The summed E-state index contributed by atoms with van der Waals surface area (Å²) in [7, 11) is 1.56. The predicted octanol–water partition coefficient (Wildman–Crippen LogP) is 1.25. The van der Waals surface area contributed by atoms with Gasteiger partial charge in [-0.1, -0.05) is 0 Å². The van der Waals surface area contributed by atoms with Crippen LogP contribution in [0.4, 0.5) is 5.69 Å². The molecule has 2 amide bonds. The number of anilines is 1. The van der Waals surface area contributed by atoms with Crippen molar-refractivity contribution in [3.8, 4) is 5.75 Å². The molecule has 5 heteroatoms. The number of hydrogen-bond acceptors (Lipinski definition) is 3. The average molecular weight is 246 g/mol. The summed E-state index contributed by atoms with van der Waals surface area (Å²) in [6.07, 6.45) is 1.62. The summed E-state index contributed by atoms with van der Waals surface area (Å²) in [6.45, 7) is 0.646. The number of nitrogens with one attached hydrogen (secondary N) is 1. The minimum absolute atomic E-state index is 0.0928. The van der Waals surface area contributed by atoms with Gasteiger partial charge in [0, 0.05) is 6.54 Å². The third-order valence-corrected chi connectivity index (χ3v) is 3.53. The molecule has 18 heavy (non-hydrogen) atoms. The topological polar surface area (TPSA) is 58.6 Å². The van der Waals surface area contributed by atoms with Gasteiger partial charge in [0.1, 0.15) is 11.8 Å². The van der Waals surface area contributed by atoms with Crippen molar-refractivity contribution in [1.29, 1.82) is 0 Å². The molecular weight excluding hydrogens is 232 g/mol. The number of ether oxygens (including phenoxy) is 1. The predicted molar refractivity (Wildman–Crippen MR) is 65.7 cm³/mol. The molecule has 2 heterocycles. The molecule has 0 aliphatic carbocycles. The maximum Gasteiger partial charge on any atom is 0.256 e. The van der Waals surface area contributed by atoms with Gasteiger partial charge in [0.25, 0.3) is 5.91 Å². The molecule has 1 N–H and O–H groups in total. The number of amides is 2. The van der Waals surface area contributed by atoms with Crippen molar-refractivity contribution in [2.75, 3.05) is 19.0 Å². The molecule has 1 saturated heterocycles. The molecule has 94 valence electrons. The van der Waals surface area contributed by atoms with Crippen molar-refractivity contribution in [2.45, 2.75) is 18.9 Å². The largest absolute Gasteiger partial charge is 0.497 e. The fourth-order valence-electron chi connectivity index (χ4n) is 2.59. The molecule has 3 rings (SSSR count). The van der Waals surface area contributed by atoms with Gasteiger partial charge in [-0.2, -0.15) is 0 Å². The number of carbonyl (C=O) groups excluding carboxylic acids is 2. The van der Waals surface area contributed by atoms with Crippen LogP contribution in [0.15, 0.2) is 18.2 Å². The van der Waals surface area contributed by atoms with Gasteiger partial charge in [-0.3, -0.25) is 9.59 Å². The standard InChI is InChI=1S/C13H14N2O3/c1-18-8-4-5-10-9(7-8)13(17)15-6-2-3-11(15)12(16)14-10/h4-5,7,11H,2-3,6H2,1H3,(H,14,16)/t11-/m1/s1. The lowest BCUT2D eigenvalue weighted by Crippen LogP contribution is -2.40. The van der Waals surface area contributed by atoms with Crippen molar-refractivity contribution >= 4 is 17.5 Å². The molecule has 0 spiro atoms. The minimum atomic E-state index is -0.323. The first-order valence-corrected chi connectivity index (χ1v) is 6.00. The highest BCUT2D eigenvalue weighted by Gasteiger charge is 2.38. The molecule has 1 atom stereocenters. The molecular formula is C13H14N2O3. The van der Waals surface area contributed by atoms with Gasteiger partial charge in [-0.25, -0.2) is 0 Å². The quantitative estimate of drug-likeness (QED) is 0.811. The van der Waals surface area contributed by atoms with E-state index < -0.39 is 0 Å². The van der Waals surface area contributed by atoms with E-state index in [0.717, 1.165) is 12.8 Å². The summed E-state index contributed by atoms with van der Waals surface area (Å²) in [5, 5.41) is 2.82.